The molecule has 1 aromatic rings. The highest BCUT2D eigenvalue weighted by Crippen LogP contribution is 2.28. The van der Waals surface area contributed by atoms with Gasteiger partial charge >= 0.3 is 0 Å². The van der Waals surface area contributed by atoms with Gasteiger partial charge in [0.1, 0.15) is 0 Å². The lowest BCUT2D eigenvalue weighted by Crippen LogP contribution is -2.42. The molecule has 1 aliphatic heterocycles. The summed E-state index contributed by atoms with van der Waals surface area (Å²) in [6, 6.07) is 3.13. The molecule has 6 heteroatoms. The molecule has 118 valence electrons. The summed E-state index contributed by atoms with van der Waals surface area (Å²) < 4.78 is 24.3. The van der Waals surface area contributed by atoms with E-state index in [0.717, 1.165) is 32.8 Å². The topological polar surface area (TPSA) is 59.8 Å². The van der Waals surface area contributed by atoms with Crippen molar-refractivity contribution in [2.75, 3.05) is 50.5 Å². The summed E-state index contributed by atoms with van der Waals surface area (Å²) in [4.78, 5) is 2.34. The Morgan fingerprint density at radius 3 is 2.81 bits per heavy atom. The number of nitrogens with one attached hydrogen (secondary N) is 1. The van der Waals surface area contributed by atoms with Crippen molar-refractivity contribution in [3.05, 3.63) is 17.9 Å². The van der Waals surface area contributed by atoms with E-state index in [9.17, 15) is 4.39 Å². The van der Waals surface area contributed by atoms with Gasteiger partial charge in [0.2, 0.25) is 0 Å². The van der Waals surface area contributed by atoms with Crippen LogP contribution in [0.15, 0.2) is 12.1 Å². The molecule has 1 heterocycles. The number of halogens is 1. The molecule has 0 aromatic heterocycles. The first kappa shape index (κ1) is 15.9. The number of nitrogens with zero attached hydrogens (tertiary/aromatic N) is 1. The van der Waals surface area contributed by atoms with Crippen LogP contribution in [0.2, 0.25) is 0 Å². The molecule has 0 amide bonds. The first-order valence-corrected chi connectivity index (χ1v) is 7.38. The highest BCUT2D eigenvalue weighted by atomic mass is 19.1. The summed E-state index contributed by atoms with van der Waals surface area (Å²) >= 11 is 0. The molecule has 0 bridgehead atoms. The summed E-state index contributed by atoms with van der Waals surface area (Å²) in [5, 5.41) is 3.33. The third-order valence-corrected chi connectivity index (χ3v) is 3.44. The van der Waals surface area contributed by atoms with E-state index in [0.29, 0.717) is 18.0 Å². The van der Waals surface area contributed by atoms with E-state index < -0.39 is 5.82 Å². The Labute approximate surface area is 125 Å². The van der Waals surface area contributed by atoms with Crippen molar-refractivity contribution in [1.29, 1.82) is 0 Å². The third-order valence-electron chi connectivity index (χ3n) is 3.44. The van der Waals surface area contributed by atoms with Crippen LogP contribution in [0, 0.1) is 5.82 Å². The molecule has 2 rings (SSSR count). The van der Waals surface area contributed by atoms with Crippen LogP contribution in [0.1, 0.15) is 13.8 Å². The van der Waals surface area contributed by atoms with E-state index in [1.165, 1.54) is 6.07 Å². The Morgan fingerprint density at radius 1 is 1.43 bits per heavy atom. The number of morpholine rings is 1. The van der Waals surface area contributed by atoms with Crippen molar-refractivity contribution in [1.82, 2.24) is 4.90 Å². The number of anilines is 2. The summed E-state index contributed by atoms with van der Waals surface area (Å²) in [7, 11) is 0. The average molecular weight is 297 g/mol. The van der Waals surface area contributed by atoms with Gasteiger partial charge in [-0.15, -0.1) is 0 Å². The highest BCUT2D eigenvalue weighted by molar-refractivity contribution is 5.69. The lowest BCUT2D eigenvalue weighted by atomic mass is 10.2. The Morgan fingerprint density at radius 2 is 2.14 bits per heavy atom. The second-order valence-electron chi connectivity index (χ2n) is 5.26. The van der Waals surface area contributed by atoms with E-state index >= 15 is 0 Å². The van der Waals surface area contributed by atoms with Gasteiger partial charge in [-0.05, 0) is 13.8 Å². The van der Waals surface area contributed by atoms with Crippen LogP contribution >= 0.6 is 0 Å². The zero-order valence-electron chi connectivity index (χ0n) is 12.7. The lowest BCUT2D eigenvalue weighted by Gasteiger charge is -2.30. The molecule has 1 aromatic carbocycles. The van der Waals surface area contributed by atoms with Gasteiger partial charge in [0.25, 0.3) is 0 Å². The maximum atomic E-state index is 13.7. The molecule has 3 N–H and O–H groups in total. The molecule has 1 aliphatic rings. The molecule has 1 unspecified atom stereocenters. The molecule has 21 heavy (non-hydrogen) atoms. The number of benzene rings is 1. The quantitative estimate of drug-likeness (QED) is 0.786. The fourth-order valence-corrected chi connectivity index (χ4v) is 2.44. The van der Waals surface area contributed by atoms with Crippen LogP contribution in [0.25, 0.3) is 0 Å². The van der Waals surface area contributed by atoms with Crippen molar-refractivity contribution in [3.8, 4) is 5.75 Å². The largest absolute Gasteiger partial charge is 0.491 e. The number of ether oxygens (including phenoxy) is 2. The standard InChI is InChI=1S/C15H24FN3O2/c1-3-21-15-9-14(13(17)8-12(15)16)18-11(2)10-19-4-6-20-7-5-19/h8-9,11,18H,3-7,10,17H2,1-2H3. The minimum absolute atomic E-state index is 0.199. The number of hydrogen-bond acceptors (Lipinski definition) is 5. The molecule has 5 nitrogen and oxygen atoms in total. The van der Waals surface area contributed by atoms with Crippen molar-refractivity contribution < 1.29 is 13.9 Å². The lowest BCUT2D eigenvalue weighted by molar-refractivity contribution is 0.0368. The SMILES string of the molecule is CCOc1cc(NC(C)CN2CCOCC2)c(N)cc1F. The fraction of sp³-hybridized carbons (Fsp3) is 0.600. The number of rotatable bonds is 6. The van der Waals surface area contributed by atoms with E-state index in [1.807, 2.05) is 6.92 Å². The van der Waals surface area contributed by atoms with Crippen LogP contribution in [0.5, 0.6) is 5.75 Å². The Bertz CT molecular complexity index is 464. The molecule has 0 saturated carbocycles. The minimum atomic E-state index is -0.430. The maximum absolute atomic E-state index is 13.7. The van der Waals surface area contributed by atoms with Gasteiger partial charge in [0, 0.05) is 37.8 Å². The van der Waals surface area contributed by atoms with Crippen LogP contribution in [0.3, 0.4) is 0 Å². The Balaban J connectivity index is 1.98. The van der Waals surface area contributed by atoms with E-state index in [4.69, 9.17) is 15.2 Å². The second-order valence-corrected chi connectivity index (χ2v) is 5.26. The Kier molecular flexibility index (Phi) is 5.64. The van der Waals surface area contributed by atoms with Gasteiger partial charge in [-0.1, -0.05) is 0 Å². The summed E-state index contributed by atoms with van der Waals surface area (Å²) in [5.41, 5.74) is 6.98. The van der Waals surface area contributed by atoms with Crippen LogP contribution in [-0.4, -0.2) is 50.4 Å². The smallest absolute Gasteiger partial charge is 0.167 e. The zero-order chi connectivity index (χ0) is 15.2. The van der Waals surface area contributed by atoms with E-state index in [1.54, 1.807) is 6.07 Å². The van der Waals surface area contributed by atoms with E-state index in [2.05, 4.69) is 17.1 Å². The summed E-state index contributed by atoms with van der Waals surface area (Å²) in [5.74, 6) is -0.200. The zero-order valence-corrected chi connectivity index (χ0v) is 12.7. The molecule has 0 radical (unpaired) electrons. The van der Waals surface area contributed by atoms with Gasteiger partial charge in [-0.25, -0.2) is 4.39 Å². The molecular weight excluding hydrogens is 273 g/mol. The van der Waals surface area contributed by atoms with Crippen molar-refractivity contribution in [3.63, 3.8) is 0 Å². The van der Waals surface area contributed by atoms with Gasteiger partial charge in [0.05, 0.1) is 31.2 Å². The van der Waals surface area contributed by atoms with E-state index in [-0.39, 0.29) is 11.8 Å². The Hall–Kier alpha value is -1.53. The van der Waals surface area contributed by atoms with Gasteiger partial charge in [-0.3, -0.25) is 4.90 Å². The number of nitrogen functional groups attached to an aromatic ring is 1. The molecule has 1 atom stereocenters. The molecule has 0 spiro atoms. The predicted molar refractivity (Wildman–Crippen MR) is 82.3 cm³/mol. The van der Waals surface area contributed by atoms with Gasteiger partial charge in [0.15, 0.2) is 11.6 Å². The van der Waals surface area contributed by atoms with Gasteiger partial charge in [-0.2, -0.15) is 0 Å². The highest BCUT2D eigenvalue weighted by Gasteiger charge is 2.15. The molecule has 1 saturated heterocycles. The van der Waals surface area contributed by atoms with Crippen molar-refractivity contribution in [2.45, 2.75) is 19.9 Å². The normalized spacial score (nSPS) is 17.5. The summed E-state index contributed by atoms with van der Waals surface area (Å²) in [6.45, 7) is 8.65. The van der Waals surface area contributed by atoms with Crippen molar-refractivity contribution in [2.24, 2.45) is 0 Å². The first-order chi connectivity index (χ1) is 10.1. The number of hydrogen-bond donors (Lipinski definition) is 2. The predicted octanol–water partition coefficient (Wildman–Crippen LogP) is 1.94. The van der Waals surface area contributed by atoms with Crippen LogP contribution in [0.4, 0.5) is 15.8 Å². The summed E-state index contributed by atoms with van der Waals surface area (Å²) in [6.07, 6.45) is 0. The van der Waals surface area contributed by atoms with Crippen LogP contribution in [-0.2, 0) is 4.74 Å². The molecule has 0 aliphatic carbocycles. The molecule has 1 fully saturated rings. The number of nitrogens with two attached hydrogens (primary N) is 1. The van der Waals surface area contributed by atoms with Gasteiger partial charge < -0.3 is 20.5 Å². The van der Waals surface area contributed by atoms with Crippen molar-refractivity contribution >= 4 is 11.4 Å². The average Bonchev–Trinajstić information content (AvgIpc) is 2.45. The maximum Gasteiger partial charge on any atom is 0.167 e. The minimum Gasteiger partial charge on any atom is -0.491 e. The monoisotopic (exact) mass is 297 g/mol. The molecular formula is C15H24FN3O2. The second kappa shape index (κ2) is 7.47. The van der Waals surface area contributed by atoms with Crippen LogP contribution < -0.4 is 15.8 Å². The fourth-order valence-electron chi connectivity index (χ4n) is 2.44. The third kappa shape index (κ3) is 4.47. The first-order valence-electron chi connectivity index (χ1n) is 7.38.